The maximum absolute atomic E-state index is 12.7. The van der Waals surface area contributed by atoms with Gasteiger partial charge < -0.3 is 33.8 Å². The molecule has 1 unspecified atom stereocenters. The van der Waals surface area contributed by atoms with E-state index >= 15 is 0 Å². The minimum absolute atomic E-state index is 0.225. The molecule has 24 heteroatoms. The molecular formula is C86H87F3N18O3. The van der Waals surface area contributed by atoms with Crippen LogP contribution in [0.1, 0.15) is 36.8 Å². The summed E-state index contributed by atoms with van der Waals surface area (Å²) in [6.45, 7) is 7.19. The molecule has 6 aromatic heterocycles. The molecule has 0 N–H and O–H groups in total. The highest BCUT2D eigenvalue weighted by Crippen LogP contribution is 2.41. The Balaban J connectivity index is 0.000000136. The van der Waals surface area contributed by atoms with Crippen molar-refractivity contribution >= 4 is 72.9 Å². The van der Waals surface area contributed by atoms with E-state index in [1.54, 1.807) is 52.8 Å². The summed E-state index contributed by atoms with van der Waals surface area (Å²) in [6.07, 6.45) is 16.6. The van der Waals surface area contributed by atoms with Crippen LogP contribution in [0.15, 0.2) is 238 Å². The average molecular weight is 1480 g/mol. The summed E-state index contributed by atoms with van der Waals surface area (Å²) in [6, 6.07) is 61.1. The van der Waals surface area contributed by atoms with Gasteiger partial charge in [0.05, 0.1) is 102 Å². The lowest BCUT2D eigenvalue weighted by atomic mass is 10.1. The van der Waals surface area contributed by atoms with E-state index in [9.17, 15) is 13.2 Å². The van der Waals surface area contributed by atoms with Crippen molar-refractivity contribution in [3.63, 3.8) is 0 Å². The summed E-state index contributed by atoms with van der Waals surface area (Å²) < 4.78 is 59.0. The Morgan fingerprint density at radius 1 is 0.409 bits per heavy atom. The fraction of sp³-hybridized carbons (Fsp3) is 0.267. The summed E-state index contributed by atoms with van der Waals surface area (Å²) in [4.78, 5) is 42.7. The molecule has 1 aliphatic heterocycles. The lowest BCUT2D eigenvalue weighted by molar-refractivity contribution is -0.274. The lowest BCUT2D eigenvalue weighted by Gasteiger charge is -2.44. The van der Waals surface area contributed by atoms with Crippen LogP contribution in [0.4, 0.5) is 53.0 Å². The Bertz CT molecular complexity index is 5450. The molecule has 3 fully saturated rings. The van der Waals surface area contributed by atoms with Crippen molar-refractivity contribution in [1.82, 2.24) is 69.0 Å². The summed E-state index contributed by atoms with van der Waals surface area (Å²) in [5, 5.41) is 12.8. The third-order valence-corrected chi connectivity index (χ3v) is 20.0. The molecule has 3 aliphatic rings. The molecule has 1 saturated heterocycles. The number of nitrogens with zero attached hydrogens (tertiary/aromatic N) is 18. The van der Waals surface area contributed by atoms with Crippen LogP contribution in [0, 0.1) is 11.8 Å². The summed E-state index contributed by atoms with van der Waals surface area (Å²) in [7, 11) is 13.2. The molecule has 0 amide bonds. The number of hydrogen-bond acceptors (Lipinski definition) is 18. The van der Waals surface area contributed by atoms with Crippen molar-refractivity contribution in [2.75, 3.05) is 87.2 Å². The number of aromatic nitrogens is 12. The van der Waals surface area contributed by atoms with Gasteiger partial charge in [0.2, 0.25) is 0 Å². The minimum atomic E-state index is -4.73. The third-order valence-electron chi connectivity index (χ3n) is 20.0. The first-order chi connectivity index (χ1) is 53.4. The Morgan fingerprint density at radius 3 is 1.25 bits per heavy atom. The van der Waals surface area contributed by atoms with Gasteiger partial charge in [-0.25, -0.2) is 15.0 Å². The van der Waals surface area contributed by atoms with Gasteiger partial charge in [-0.2, -0.15) is 15.3 Å². The summed E-state index contributed by atoms with van der Waals surface area (Å²) in [5.74, 6) is 2.51. The van der Waals surface area contributed by atoms with Crippen LogP contribution in [0.25, 0.3) is 66.9 Å². The van der Waals surface area contributed by atoms with Crippen LogP contribution in [-0.4, -0.2) is 149 Å². The zero-order chi connectivity index (χ0) is 75.8. The van der Waals surface area contributed by atoms with Gasteiger partial charge in [-0.3, -0.25) is 38.8 Å². The van der Waals surface area contributed by atoms with E-state index in [4.69, 9.17) is 29.4 Å². The van der Waals surface area contributed by atoms with Crippen molar-refractivity contribution in [1.29, 1.82) is 0 Å². The first-order valence-corrected chi connectivity index (χ1v) is 37.0. The number of alkyl halides is 3. The van der Waals surface area contributed by atoms with E-state index in [2.05, 4.69) is 202 Å². The van der Waals surface area contributed by atoms with E-state index in [0.717, 1.165) is 154 Å². The maximum atomic E-state index is 12.7. The van der Waals surface area contributed by atoms with E-state index in [0.29, 0.717) is 29.4 Å². The molecule has 17 rings (SSSR count). The number of piperazine rings is 1. The largest absolute Gasteiger partial charge is 0.573 e. The van der Waals surface area contributed by atoms with Gasteiger partial charge in [0, 0.05) is 193 Å². The van der Waals surface area contributed by atoms with E-state index in [-0.39, 0.29) is 11.8 Å². The molecule has 21 nitrogen and oxygen atoms in total. The van der Waals surface area contributed by atoms with Crippen LogP contribution < -0.4 is 33.8 Å². The van der Waals surface area contributed by atoms with Gasteiger partial charge in [0.1, 0.15) is 17.2 Å². The van der Waals surface area contributed by atoms with Gasteiger partial charge >= 0.3 is 6.36 Å². The van der Waals surface area contributed by atoms with Crippen molar-refractivity contribution in [3.05, 3.63) is 249 Å². The minimum Gasteiger partial charge on any atom is -0.497 e. The fourth-order valence-electron chi connectivity index (χ4n) is 13.9. The lowest BCUT2D eigenvalue weighted by Crippen LogP contribution is -2.55. The van der Waals surface area contributed by atoms with Gasteiger partial charge in [-0.1, -0.05) is 72.8 Å². The highest BCUT2D eigenvalue weighted by molar-refractivity contribution is 5.86. The standard InChI is InChI=1S/C39H41N7O2.C24H26N6.C23H20F3N5O/c1-43-26-31(22-41-43)39-23-40-37-15-14-32(20-38(37)42-39)46(33-18-35(47-2)21-36(19-33)48-3)28-34-27-44(24-29-10-6-4-7-11-29)16-17-45(34)25-30-12-8-5-9-13-30;1-28(2)19-5-4-6-20(11-19)30(15-17-7-8-17)21-9-10-22-23(12-21)27-24(14-25-22)18-13-26-29(3)16-18;1-30-14-16(11-28-30)22-12-27-20-8-7-18(10-21(20)29-22)31(13-15-5-6-15)17-3-2-4-19(9-17)32-23(24,25)26/h4-15,18-23,26,34H,16-17,24-25,27-28H2,1-3H3;4-6,9-14,16-17H,7-8,15H2,1-3H3;2-4,7-12,14-15H,5-6,13H2,1H3. The normalized spacial score (nSPS) is 14.5. The first kappa shape index (κ1) is 73.2. The zero-order valence-electron chi connectivity index (χ0n) is 62.6. The molecule has 0 bridgehead atoms. The Hall–Kier alpha value is -12.3. The Kier molecular flexibility index (Phi) is 21.7. The first-order valence-electron chi connectivity index (χ1n) is 37.0. The molecule has 1 atom stereocenters. The SMILES string of the molecule is CN(C)c1cccc(N(CC2CC2)c2ccc3ncc(-c4cnn(C)c4)nc3c2)c1.COc1cc(OC)cc(N(CC2CN(Cc3ccccc3)CCN2Cc2ccccc2)c2ccc3ncc(-c4cnn(C)c4)nc3c2)c1.Cn1cc(-c2cnc3ccc(N(CC4CC4)c4cccc(OC(F)(F)F)c4)cc3n2)cn1. The quantitative estimate of drug-likeness (QED) is 0.0590. The van der Waals surface area contributed by atoms with E-state index < -0.39 is 6.36 Å². The summed E-state index contributed by atoms with van der Waals surface area (Å²) >= 11 is 0. The zero-order valence-corrected chi connectivity index (χ0v) is 62.6. The van der Waals surface area contributed by atoms with Crippen molar-refractivity contribution < 1.29 is 27.4 Å². The number of aryl methyl sites for hydroxylation is 3. The fourth-order valence-corrected chi connectivity index (χ4v) is 13.9. The van der Waals surface area contributed by atoms with Crippen molar-refractivity contribution in [3.8, 4) is 51.0 Å². The number of fused-ring (bicyclic) bond motifs is 3. The predicted molar refractivity (Wildman–Crippen MR) is 427 cm³/mol. The number of rotatable bonds is 23. The number of ether oxygens (including phenoxy) is 3. The highest BCUT2D eigenvalue weighted by Gasteiger charge is 2.34. The second-order valence-electron chi connectivity index (χ2n) is 28.6. The maximum Gasteiger partial charge on any atom is 0.573 e. The average Bonchev–Trinajstić information content (AvgIpc) is 1.74. The second-order valence-corrected chi connectivity index (χ2v) is 28.6. The molecule has 8 aromatic carbocycles. The Morgan fingerprint density at radius 2 is 0.827 bits per heavy atom. The molecule has 0 radical (unpaired) electrons. The number of anilines is 7. The monoisotopic (exact) mass is 1480 g/mol. The number of halogens is 3. The van der Waals surface area contributed by atoms with Crippen molar-refractivity contribution in [2.45, 2.75) is 51.2 Å². The number of benzene rings is 8. The van der Waals surface area contributed by atoms with Gasteiger partial charge in [-0.15, -0.1) is 13.2 Å². The third kappa shape index (κ3) is 18.3. The second kappa shape index (κ2) is 32.7. The molecule has 2 saturated carbocycles. The predicted octanol–water partition coefficient (Wildman–Crippen LogP) is 16.7. The van der Waals surface area contributed by atoms with Crippen LogP contribution in [0.3, 0.4) is 0 Å². The van der Waals surface area contributed by atoms with Gasteiger partial charge in [0.15, 0.2) is 0 Å². The van der Waals surface area contributed by atoms with Gasteiger partial charge in [-0.05, 0) is 134 Å². The van der Waals surface area contributed by atoms with Crippen LogP contribution >= 0.6 is 0 Å². The number of hydrogen-bond donors (Lipinski definition) is 0. The Labute approximate surface area is 637 Å². The molecule has 0 spiro atoms. The van der Waals surface area contributed by atoms with E-state index in [1.165, 1.54) is 47.5 Å². The van der Waals surface area contributed by atoms with Crippen LogP contribution in [-0.2, 0) is 34.2 Å². The van der Waals surface area contributed by atoms with Gasteiger partial charge in [0.25, 0.3) is 0 Å². The van der Waals surface area contributed by atoms with Crippen LogP contribution in [0.5, 0.6) is 17.2 Å². The van der Waals surface area contributed by atoms with Crippen LogP contribution in [0.2, 0.25) is 0 Å². The molecule has 7 heterocycles. The number of methoxy groups -OCH3 is 2. The molecule has 560 valence electrons. The topological polar surface area (TPSA) is 178 Å². The molecular weight excluding hydrogens is 1390 g/mol. The summed E-state index contributed by atoms with van der Waals surface area (Å²) in [5.41, 5.74) is 19.7. The molecule has 110 heavy (non-hydrogen) atoms. The molecule has 14 aromatic rings. The van der Waals surface area contributed by atoms with Crippen molar-refractivity contribution in [2.24, 2.45) is 33.0 Å². The molecule has 2 aliphatic carbocycles. The smallest absolute Gasteiger partial charge is 0.497 e. The highest BCUT2D eigenvalue weighted by atomic mass is 19.4. The van der Waals surface area contributed by atoms with E-state index in [1.807, 2.05) is 93.7 Å².